The maximum atomic E-state index is 12.7. The molecule has 2 unspecified atom stereocenters. The summed E-state index contributed by atoms with van der Waals surface area (Å²) in [6.45, 7) is 3.94. The van der Waals surface area contributed by atoms with Gasteiger partial charge in [-0.05, 0) is 36.6 Å². The predicted octanol–water partition coefficient (Wildman–Crippen LogP) is 2.91. The zero-order valence-corrected chi connectivity index (χ0v) is 13.3. The number of nitrogens with one attached hydrogen (secondary N) is 2. The van der Waals surface area contributed by atoms with Gasteiger partial charge in [-0.1, -0.05) is 42.5 Å². The summed E-state index contributed by atoms with van der Waals surface area (Å²) >= 11 is 0. The van der Waals surface area contributed by atoms with Gasteiger partial charge in [0.25, 0.3) is 0 Å². The number of rotatable bonds is 3. The lowest BCUT2D eigenvalue weighted by Gasteiger charge is -2.19. The summed E-state index contributed by atoms with van der Waals surface area (Å²) in [4.78, 5) is 24.5. The van der Waals surface area contributed by atoms with Gasteiger partial charge in [0.1, 0.15) is 6.04 Å². The standard InChI is InChI=1S/C19H20N2O2/c1-12-8-9-13(2)16(10-12)20-19(23)18-15(11-17(22)21-18)14-6-4-3-5-7-14/h3-10,15,18H,11H2,1-2H3,(H,20,23)(H,21,22). The van der Waals surface area contributed by atoms with E-state index in [2.05, 4.69) is 10.6 Å². The molecule has 0 aliphatic carbocycles. The fourth-order valence-electron chi connectivity index (χ4n) is 2.99. The molecule has 0 spiro atoms. The van der Waals surface area contributed by atoms with Gasteiger partial charge in [0, 0.05) is 18.0 Å². The van der Waals surface area contributed by atoms with Crippen LogP contribution in [0.15, 0.2) is 48.5 Å². The van der Waals surface area contributed by atoms with E-state index in [1.54, 1.807) is 0 Å². The van der Waals surface area contributed by atoms with E-state index in [9.17, 15) is 9.59 Å². The molecule has 3 rings (SSSR count). The van der Waals surface area contributed by atoms with Crippen molar-refractivity contribution in [3.8, 4) is 0 Å². The molecule has 4 heteroatoms. The van der Waals surface area contributed by atoms with Crippen LogP contribution in [0.3, 0.4) is 0 Å². The molecule has 118 valence electrons. The summed E-state index contributed by atoms with van der Waals surface area (Å²) in [7, 11) is 0. The van der Waals surface area contributed by atoms with Gasteiger partial charge in [0.15, 0.2) is 0 Å². The van der Waals surface area contributed by atoms with Gasteiger partial charge in [-0.15, -0.1) is 0 Å². The average molecular weight is 308 g/mol. The molecular formula is C19H20N2O2. The first kappa shape index (κ1) is 15.3. The van der Waals surface area contributed by atoms with Crippen molar-refractivity contribution >= 4 is 17.5 Å². The van der Waals surface area contributed by atoms with Crippen molar-refractivity contribution in [2.75, 3.05) is 5.32 Å². The van der Waals surface area contributed by atoms with Crippen molar-refractivity contribution in [2.45, 2.75) is 32.2 Å². The third-order valence-electron chi connectivity index (χ3n) is 4.29. The van der Waals surface area contributed by atoms with Gasteiger partial charge in [-0.25, -0.2) is 0 Å². The summed E-state index contributed by atoms with van der Waals surface area (Å²) < 4.78 is 0. The zero-order valence-electron chi connectivity index (χ0n) is 13.3. The summed E-state index contributed by atoms with van der Waals surface area (Å²) in [5.41, 5.74) is 3.89. The third kappa shape index (κ3) is 3.26. The first-order valence-corrected chi connectivity index (χ1v) is 7.77. The van der Waals surface area contributed by atoms with E-state index in [1.165, 1.54) is 0 Å². The lowest BCUT2D eigenvalue weighted by Crippen LogP contribution is -2.40. The van der Waals surface area contributed by atoms with Crippen LogP contribution in [0.2, 0.25) is 0 Å². The van der Waals surface area contributed by atoms with Crippen LogP contribution in [0.1, 0.15) is 29.0 Å². The van der Waals surface area contributed by atoms with Gasteiger partial charge in [-0.2, -0.15) is 0 Å². The molecular weight excluding hydrogens is 288 g/mol. The number of aryl methyl sites for hydroxylation is 2. The van der Waals surface area contributed by atoms with Crippen LogP contribution in [0, 0.1) is 13.8 Å². The van der Waals surface area contributed by atoms with Crippen molar-refractivity contribution < 1.29 is 9.59 Å². The maximum absolute atomic E-state index is 12.7. The molecule has 2 N–H and O–H groups in total. The molecule has 0 bridgehead atoms. The average Bonchev–Trinajstić information content (AvgIpc) is 2.94. The Morgan fingerprint density at radius 1 is 1.13 bits per heavy atom. The van der Waals surface area contributed by atoms with Crippen LogP contribution < -0.4 is 10.6 Å². The molecule has 1 fully saturated rings. The SMILES string of the molecule is Cc1ccc(C)c(NC(=O)C2NC(=O)CC2c2ccccc2)c1. The minimum atomic E-state index is -0.537. The highest BCUT2D eigenvalue weighted by molar-refractivity contribution is 6.00. The number of anilines is 1. The molecule has 2 amide bonds. The minimum absolute atomic E-state index is 0.0834. The normalized spacial score (nSPS) is 20.2. The minimum Gasteiger partial charge on any atom is -0.344 e. The molecule has 4 nitrogen and oxygen atoms in total. The molecule has 0 radical (unpaired) electrons. The van der Waals surface area contributed by atoms with Crippen molar-refractivity contribution in [1.82, 2.24) is 5.32 Å². The van der Waals surface area contributed by atoms with Gasteiger partial charge in [0.2, 0.25) is 11.8 Å². The van der Waals surface area contributed by atoms with Gasteiger partial charge in [-0.3, -0.25) is 9.59 Å². The highest BCUT2D eigenvalue weighted by Crippen LogP contribution is 2.29. The molecule has 1 aliphatic rings. The topological polar surface area (TPSA) is 58.2 Å². The second-order valence-electron chi connectivity index (χ2n) is 6.07. The van der Waals surface area contributed by atoms with Crippen molar-refractivity contribution in [3.05, 3.63) is 65.2 Å². The molecule has 0 aromatic heterocycles. The van der Waals surface area contributed by atoms with E-state index in [0.29, 0.717) is 6.42 Å². The van der Waals surface area contributed by atoms with Crippen LogP contribution >= 0.6 is 0 Å². The molecule has 0 saturated carbocycles. The number of carbonyl (C=O) groups excluding carboxylic acids is 2. The fourth-order valence-corrected chi connectivity index (χ4v) is 2.99. The first-order chi connectivity index (χ1) is 11.0. The zero-order chi connectivity index (χ0) is 16.4. The summed E-state index contributed by atoms with van der Waals surface area (Å²) in [6, 6.07) is 15.1. The van der Waals surface area contributed by atoms with E-state index in [4.69, 9.17) is 0 Å². The van der Waals surface area contributed by atoms with Gasteiger partial charge < -0.3 is 10.6 Å². The Labute approximate surface area is 135 Å². The number of carbonyl (C=O) groups is 2. The smallest absolute Gasteiger partial charge is 0.247 e. The monoisotopic (exact) mass is 308 g/mol. The van der Waals surface area contributed by atoms with E-state index < -0.39 is 6.04 Å². The molecule has 1 heterocycles. The van der Waals surface area contributed by atoms with Crippen LogP contribution in [-0.4, -0.2) is 17.9 Å². The molecule has 1 aliphatic heterocycles. The van der Waals surface area contributed by atoms with Gasteiger partial charge in [0.05, 0.1) is 0 Å². The number of amides is 2. The fraction of sp³-hybridized carbons (Fsp3) is 0.263. The summed E-state index contributed by atoms with van der Waals surface area (Å²) in [5.74, 6) is -0.382. The van der Waals surface area contributed by atoms with Crippen LogP contribution in [-0.2, 0) is 9.59 Å². The van der Waals surface area contributed by atoms with E-state index in [-0.39, 0.29) is 17.7 Å². The first-order valence-electron chi connectivity index (χ1n) is 7.77. The Kier molecular flexibility index (Phi) is 4.15. The number of hydrogen-bond donors (Lipinski definition) is 2. The molecule has 2 aromatic carbocycles. The molecule has 23 heavy (non-hydrogen) atoms. The van der Waals surface area contributed by atoms with E-state index in [1.807, 2.05) is 62.4 Å². The second-order valence-corrected chi connectivity index (χ2v) is 6.07. The van der Waals surface area contributed by atoms with Gasteiger partial charge >= 0.3 is 0 Å². The Morgan fingerprint density at radius 3 is 2.61 bits per heavy atom. The van der Waals surface area contributed by atoms with Crippen LogP contribution in [0.5, 0.6) is 0 Å². The lowest BCUT2D eigenvalue weighted by atomic mass is 9.91. The molecule has 1 saturated heterocycles. The molecule has 2 atom stereocenters. The number of hydrogen-bond acceptors (Lipinski definition) is 2. The Bertz CT molecular complexity index is 740. The predicted molar refractivity (Wildman–Crippen MR) is 90.3 cm³/mol. The quantitative estimate of drug-likeness (QED) is 0.916. The molecule has 2 aromatic rings. The maximum Gasteiger partial charge on any atom is 0.247 e. The Hall–Kier alpha value is -2.62. The van der Waals surface area contributed by atoms with Crippen molar-refractivity contribution in [2.24, 2.45) is 0 Å². The van der Waals surface area contributed by atoms with E-state index >= 15 is 0 Å². The number of benzene rings is 2. The Balaban J connectivity index is 1.82. The van der Waals surface area contributed by atoms with Crippen LogP contribution in [0.4, 0.5) is 5.69 Å². The lowest BCUT2D eigenvalue weighted by molar-refractivity contribution is -0.122. The summed E-state index contributed by atoms with van der Waals surface area (Å²) in [6.07, 6.45) is 0.342. The van der Waals surface area contributed by atoms with E-state index in [0.717, 1.165) is 22.4 Å². The van der Waals surface area contributed by atoms with Crippen LogP contribution in [0.25, 0.3) is 0 Å². The summed E-state index contributed by atoms with van der Waals surface area (Å²) in [5, 5.41) is 5.77. The van der Waals surface area contributed by atoms with Crippen molar-refractivity contribution in [1.29, 1.82) is 0 Å². The van der Waals surface area contributed by atoms with Crippen molar-refractivity contribution in [3.63, 3.8) is 0 Å². The highest BCUT2D eigenvalue weighted by atomic mass is 16.2. The third-order valence-corrected chi connectivity index (χ3v) is 4.29. The highest BCUT2D eigenvalue weighted by Gasteiger charge is 2.38. The Morgan fingerprint density at radius 2 is 1.87 bits per heavy atom. The second kappa shape index (κ2) is 6.24. The largest absolute Gasteiger partial charge is 0.344 e.